The van der Waals surface area contributed by atoms with E-state index in [1.54, 1.807) is 31.1 Å². The Bertz CT molecular complexity index is 709. The van der Waals surface area contributed by atoms with Crippen molar-refractivity contribution >= 4 is 29.1 Å². The fourth-order valence-corrected chi connectivity index (χ4v) is 2.76. The lowest BCUT2D eigenvalue weighted by atomic mass is 10.2. The first-order chi connectivity index (χ1) is 10.3. The first-order valence-corrected chi connectivity index (χ1v) is 7.36. The molecule has 2 aromatic rings. The summed E-state index contributed by atoms with van der Waals surface area (Å²) in [6, 6.07) is 11.9. The molecule has 1 aliphatic rings. The van der Waals surface area contributed by atoms with E-state index in [0.29, 0.717) is 17.3 Å². The van der Waals surface area contributed by atoms with Crippen LogP contribution in [-0.2, 0) is 0 Å². The second kappa shape index (κ2) is 5.88. The fourth-order valence-electron chi connectivity index (χ4n) is 1.93. The molecule has 3 rings (SSSR count). The highest BCUT2D eigenvalue weighted by atomic mass is 32.2. The van der Waals surface area contributed by atoms with Gasteiger partial charge >= 0.3 is 0 Å². The quantitative estimate of drug-likeness (QED) is 0.808. The normalized spacial score (nSPS) is 16.1. The van der Waals surface area contributed by atoms with Crippen molar-refractivity contribution in [3.05, 3.63) is 64.3 Å². The third-order valence-electron chi connectivity index (χ3n) is 3.03. The number of nitrogens with zero attached hydrogens (tertiary/aromatic N) is 2. The van der Waals surface area contributed by atoms with Crippen molar-refractivity contribution in [3.8, 4) is 0 Å². The zero-order chi connectivity index (χ0) is 14.7. The van der Waals surface area contributed by atoms with Crippen molar-refractivity contribution in [2.24, 2.45) is 5.73 Å². The van der Waals surface area contributed by atoms with E-state index >= 15 is 0 Å². The van der Waals surface area contributed by atoms with E-state index in [-0.39, 0.29) is 0 Å². The van der Waals surface area contributed by atoms with Crippen molar-refractivity contribution in [2.45, 2.75) is 0 Å². The van der Waals surface area contributed by atoms with Crippen molar-refractivity contribution in [1.29, 1.82) is 0 Å². The molecule has 0 bridgehead atoms. The van der Waals surface area contributed by atoms with E-state index in [1.165, 1.54) is 0 Å². The van der Waals surface area contributed by atoms with Gasteiger partial charge in [-0.3, -0.25) is 0 Å². The minimum absolute atomic E-state index is 0.551. The van der Waals surface area contributed by atoms with Gasteiger partial charge in [0.1, 0.15) is 5.03 Å². The van der Waals surface area contributed by atoms with Crippen LogP contribution in [0.1, 0.15) is 11.3 Å². The van der Waals surface area contributed by atoms with Crippen LogP contribution in [0.2, 0.25) is 0 Å². The van der Waals surface area contributed by atoms with E-state index in [2.05, 4.69) is 38.1 Å². The Kier molecular flexibility index (Phi) is 3.79. The van der Waals surface area contributed by atoms with Gasteiger partial charge in [-0.25, -0.2) is 9.97 Å². The number of nitrogens with two attached hydrogens (primary N) is 1. The Labute approximate surface area is 127 Å². The van der Waals surface area contributed by atoms with Crippen LogP contribution in [0.15, 0.2) is 53.0 Å². The molecule has 0 amide bonds. The lowest BCUT2D eigenvalue weighted by molar-refractivity contribution is 1.11. The smallest absolute Gasteiger partial charge is 0.222 e. The van der Waals surface area contributed by atoms with E-state index in [1.807, 2.05) is 18.2 Å². The number of aromatic nitrogens is 2. The molecule has 0 spiro atoms. The average molecular weight is 297 g/mol. The Hall–Kier alpha value is -2.47. The molecule has 1 aliphatic heterocycles. The molecule has 6 heteroatoms. The first kappa shape index (κ1) is 13.5. The molecular formula is C15H15N5S. The zero-order valence-electron chi connectivity index (χ0n) is 11.5. The first-order valence-electron chi connectivity index (χ1n) is 6.48. The summed E-state index contributed by atoms with van der Waals surface area (Å²) in [5, 5.41) is 9.18. The average Bonchev–Trinajstić information content (AvgIpc) is 3.05. The number of nitrogens with one attached hydrogen (secondary N) is 2. The third kappa shape index (κ3) is 2.85. The molecule has 0 saturated heterocycles. The number of rotatable bonds is 3. The largest absolute Gasteiger partial charge is 0.395 e. The van der Waals surface area contributed by atoms with E-state index < -0.39 is 0 Å². The standard InChI is InChI=1S/C15H15N5S/c1-17-15-18-8-7-11(20-15)13(16)14-19-12(9-21-14)10-5-3-2-4-6-10/h2-9,19H,16H2,1H3,(H,17,18,20)/b14-13+. The lowest BCUT2D eigenvalue weighted by Crippen LogP contribution is -2.12. The Morgan fingerprint density at radius 1 is 1.24 bits per heavy atom. The van der Waals surface area contributed by atoms with Crippen LogP contribution >= 0.6 is 11.8 Å². The molecule has 0 unspecified atom stereocenters. The molecule has 5 nitrogen and oxygen atoms in total. The summed E-state index contributed by atoms with van der Waals surface area (Å²) in [6.07, 6.45) is 1.69. The van der Waals surface area contributed by atoms with Crippen LogP contribution in [0, 0.1) is 0 Å². The summed E-state index contributed by atoms with van der Waals surface area (Å²) < 4.78 is 0. The summed E-state index contributed by atoms with van der Waals surface area (Å²) in [6.45, 7) is 0. The van der Waals surface area contributed by atoms with Gasteiger partial charge in [-0.1, -0.05) is 42.1 Å². The summed E-state index contributed by atoms with van der Waals surface area (Å²) in [4.78, 5) is 8.44. The number of hydrogen-bond donors (Lipinski definition) is 3. The fraction of sp³-hybridized carbons (Fsp3) is 0.0667. The SMILES string of the molecule is CNc1nccc(/C(N)=C2/NC(c3ccccc3)=CS2)n1. The molecule has 0 saturated carbocycles. The Balaban J connectivity index is 1.85. The van der Waals surface area contributed by atoms with Crippen LogP contribution in [0.5, 0.6) is 0 Å². The molecule has 2 heterocycles. The third-order valence-corrected chi connectivity index (χ3v) is 3.94. The van der Waals surface area contributed by atoms with E-state index in [9.17, 15) is 0 Å². The van der Waals surface area contributed by atoms with E-state index in [4.69, 9.17) is 5.73 Å². The summed E-state index contributed by atoms with van der Waals surface area (Å²) in [7, 11) is 1.78. The van der Waals surface area contributed by atoms with Crippen LogP contribution in [0.4, 0.5) is 5.95 Å². The van der Waals surface area contributed by atoms with Crippen molar-refractivity contribution < 1.29 is 0 Å². The second-order valence-electron chi connectivity index (χ2n) is 4.40. The highest BCUT2D eigenvalue weighted by Crippen LogP contribution is 2.32. The predicted molar refractivity (Wildman–Crippen MR) is 87.8 cm³/mol. The molecule has 106 valence electrons. The maximum Gasteiger partial charge on any atom is 0.222 e. The molecule has 1 aromatic carbocycles. The second-order valence-corrected chi connectivity index (χ2v) is 5.28. The number of anilines is 1. The van der Waals surface area contributed by atoms with Gasteiger partial charge in [0.25, 0.3) is 0 Å². The molecule has 0 aliphatic carbocycles. The summed E-state index contributed by atoms with van der Waals surface area (Å²) >= 11 is 1.56. The molecule has 1 aromatic heterocycles. The van der Waals surface area contributed by atoms with Crippen molar-refractivity contribution in [2.75, 3.05) is 12.4 Å². The number of hydrogen-bond acceptors (Lipinski definition) is 6. The van der Waals surface area contributed by atoms with E-state index in [0.717, 1.165) is 16.3 Å². The van der Waals surface area contributed by atoms with Gasteiger partial charge in [-0.05, 0) is 11.6 Å². The zero-order valence-corrected chi connectivity index (χ0v) is 12.3. The van der Waals surface area contributed by atoms with Crippen molar-refractivity contribution in [3.63, 3.8) is 0 Å². The number of benzene rings is 1. The van der Waals surface area contributed by atoms with Gasteiger partial charge in [-0.2, -0.15) is 0 Å². The molecule has 0 fully saturated rings. The molecule has 4 N–H and O–H groups in total. The monoisotopic (exact) mass is 297 g/mol. The van der Waals surface area contributed by atoms with Gasteiger partial charge in [0.2, 0.25) is 5.95 Å². The predicted octanol–water partition coefficient (Wildman–Crippen LogP) is 2.44. The summed E-state index contributed by atoms with van der Waals surface area (Å²) in [5.74, 6) is 0.551. The Morgan fingerprint density at radius 2 is 2.05 bits per heavy atom. The summed E-state index contributed by atoms with van der Waals surface area (Å²) in [5.41, 5.74) is 9.70. The van der Waals surface area contributed by atoms with Crippen LogP contribution in [0.25, 0.3) is 11.4 Å². The van der Waals surface area contributed by atoms with Crippen molar-refractivity contribution in [1.82, 2.24) is 15.3 Å². The number of thioether (sulfide) groups is 1. The van der Waals surface area contributed by atoms with Gasteiger partial charge < -0.3 is 16.4 Å². The Morgan fingerprint density at radius 3 is 2.81 bits per heavy atom. The molecule has 0 radical (unpaired) electrons. The highest BCUT2D eigenvalue weighted by Gasteiger charge is 2.16. The lowest BCUT2D eigenvalue weighted by Gasteiger charge is -2.09. The minimum Gasteiger partial charge on any atom is -0.395 e. The molecular weight excluding hydrogens is 282 g/mol. The van der Waals surface area contributed by atoms with Gasteiger partial charge in [0.05, 0.1) is 17.1 Å². The van der Waals surface area contributed by atoms with Crippen LogP contribution in [0.3, 0.4) is 0 Å². The van der Waals surface area contributed by atoms with Crippen LogP contribution in [-0.4, -0.2) is 17.0 Å². The van der Waals surface area contributed by atoms with Gasteiger partial charge in [0, 0.05) is 18.7 Å². The topological polar surface area (TPSA) is 75.9 Å². The molecule has 21 heavy (non-hydrogen) atoms. The minimum atomic E-state index is 0.551. The maximum absolute atomic E-state index is 6.21. The van der Waals surface area contributed by atoms with Gasteiger partial charge in [0.15, 0.2) is 0 Å². The highest BCUT2D eigenvalue weighted by molar-refractivity contribution is 8.06. The molecule has 0 atom stereocenters. The van der Waals surface area contributed by atoms with Crippen LogP contribution < -0.4 is 16.4 Å². The van der Waals surface area contributed by atoms with Gasteiger partial charge in [-0.15, -0.1) is 0 Å². The maximum atomic E-state index is 6.21.